The van der Waals surface area contributed by atoms with Gasteiger partial charge in [0.05, 0.1) is 0 Å². The van der Waals surface area contributed by atoms with Crippen molar-refractivity contribution < 1.29 is 14.3 Å². The maximum Gasteiger partial charge on any atom is 0.408 e. The standard InChI is InChI=1S/C16H31N3O3/c1-11(2)13(18-15(21)22-16(3,4)5)14(20)19-9-7-12(17-6)8-10-19/h11-13,17H,7-10H2,1-6H3,(H,18,21). The van der Waals surface area contributed by atoms with E-state index >= 15 is 0 Å². The second kappa shape index (κ2) is 7.81. The molecule has 1 heterocycles. The number of rotatable bonds is 4. The van der Waals surface area contributed by atoms with Gasteiger partial charge in [0, 0.05) is 19.1 Å². The first-order valence-corrected chi connectivity index (χ1v) is 8.09. The highest BCUT2D eigenvalue weighted by Crippen LogP contribution is 2.15. The van der Waals surface area contributed by atoms with Crippen LogP contribution < -0.4 is 10.6 Å². The number of nitrogens with one attached hydrogen (secondary N) is 2. The zero-order valence-electron chi connectivity index (χ0n) is 14.7. The van der Waals surface area contributed by atoms with Gasteiger partial charge in [-0.3, -0.25) is 4.79 Å². The lowest BCUT2D eigenvalue weighted by atomic mass is 10.00. The number of amides is 2. The third-order valence-electron chi connectivity index (χ3n) is 3.82. The molecule has 0 saturated carbocycles. The molecule has 0 bridgehead atoms. The molecule has 1 unspecified atom stereocenters. The van der Waals surface area contributed by atoms with Gasteiger partial charge >= 0.3 is 6.09 Å². The lowest BCUT2D eigenvalue weighted by molar-refractivity contribution is -0.135. The number of alkyl carbamates (subject to hydrolysis) is 1. The molecule has 0 aliphatic carbocycles. The van der Waals surface area contributed by atoms with E-state index in [2.05, 4.69) is 10.6 Å². The van der Waals surface area contributed by atoms with E-state index in [9.17, 15) is 9.59 Å². The zero-order chi connectivity index (χ0) is 16.9. The SMILES string of the molecule is CNC1CCN(C(=O)C(NC(=O)OC(C)(C)C)C(C)C)CC1. The number of piperidine rings is 1. The lowest BCUT2D eigenvalue weighted by Crippen LogP contribution is -2.54. The number of hydrogen-bond donors (Lipinski definition) is 2. The summed E-state index contributed by atoms with van der Waals surface area (Å²) in [5.41, 5.74) is -0.570. The molecule has 2 amide bonds. The molecule has 1 saturated heterocycles. The largest absolute Gasteiger partial charge is 0.444 e. The second-order valence-corrected chi connectivity index (χ2v) is 7.26. The zero-order valence-corrected chi connectivity index (χ0v) is 14.7. The van der Waals surface area contributed by atoms with E-state index in [1.165, 1.54) is 0 Å². The van der Waals surface area contributed by atoms with Gasteiger partial charge in [-0.25, -0.2) is 4.79 Å². The predicted molar refractivity (Wildman–Crippen MR) is 86.7 cm³/mol. The van der Waals surface area contributed by atoms with Crippen molar-refractivity contribution in [2.24, 2.45) is 5.92 Å². The van der Waals surface area contributed by atoms with Crippen molar-refractivity contribution in [3.8, 4) is 0 Å². The highest BCUT2D eigenvalue weighted by molar-refractivity contribution is 5.86. The highest BCUT2D eigenvalue weighted by Gasteiger charge is 2.32. The van der Waals surface area contributed by atoms with Crippen LogP contribution in [-0.2, 0) is 9.53 Å². The monoisotopic (exact) mass is 313 g/mol. The van der Waals surface area contributed by atoms with Gasteiger partial charge in [0.1, 0.15) is 11.6 Å². The van der Waals surface area contributed by atoms with E-state index < -0.39 is 17.7 Å². The summed E-state index contributed by atoms with van der Waals surface area (Å²) < 4.78 is 5.26. The summed E-state index contributed by atoms with van der Waals surface area (Å²) in [4.78, 5) is 26.5. The van der Waals surface area contributed by atoms with E-state index in [4.69, 9.17) is 4.74 Å². The Kier molecular flexibility index (Phi) is 6.66. The number of hydrogen-bond acceptors (Lipinski definition) is 4. The highest BCUT2D eigenvalue weighted by atomic mass is 16.6. The van der Waals surface area contributed by atoms with Crippen LogP contribution in [0.5, 0.6) is 0 Å². The molecule has 1 rings (SSSR count). The maximum atomic E-state index is 12.7. The first-order chi connectivity index (χ1) is 10.1. The maximum absolute atomic E-state index is 12.7. The average Bonchev–Trinajstić information content (AvgIpc) is 2.42. The number of nitrogens with zero attached hydrogens (tertiary/aromatic N) is 1. The van der Waals surface area contributed by atoms with Crippen LogP contribution in [-0.4, -0.2) is 54.7 Å². The third-order valence-corrected chi connectivity index (χ3v) is 3.82. The molecular formula is C16H31N3O3. The van der Waals surface area contributed by atoms with Crippen molar-refractivity contribution in [2.45, 2.75) is 65.1 Å². The summed E-state index contributed by atoms with van der Waals surface area (Å²) in [5.74, 6) is -0.00236. The molecule has 1 fully saturated rings. The Hall–Kier alpha value is -1.30. The molecule has 2 N–H and O–H groups in total. The fourth-order valence-corrected chi connectivity index (χ4v) is 2.53. The molecule has 6 nitrogen and oxygen atoms in total. The minimum absolute atomic E-state index is 0.0158. The fraction of sp³-hybridized carbons (Fsp3) is 0.875. The minimum Gasteiger partial charge on any atom is -0.444 e. The molecule has 0 radical (unpaired) electrons. The van der Waals surface area contributed by atoms with Gasteiger partial charge in [-0.05, 0) is 46.6 Å². The van der Waals surface area contributed by atoms with Crippen molar-refractivity contribution in [3.05, 3.63) is 0 Å². The number of ether oxygens (including phenoxy) is 1. The molecule has 22 heavy (non-hydrogen) atoms. The third kappa shape index (κ3) is 5.83. The Labute approximate surface area is 134 Å². The normalized spacial score (nSPS) is 18.2. The first-order valence-electron chi connectivity index (χ1n) is 8.09. The summed E-state index contributed by atoms with van der Waals surface area (Å²) in [7, 11) is 1.95. The molecule has 0 aromatic rings. The van der Waals surface area contributed by atoms with E-state index in [1.807, 2.05) is 25.8 Å². The molecular weight excluding hydrogens is 282 g/mol. The van der Waals surface area contributed by atoms with Gasteiger partial charge < -0.3 is 20.3 Å². The van der Waals surface area contributed by atoms with E-state index in [0.717, 1.165) is 25.9 Å². The molecule has 0 aromatic carbocycles. The Bertz CT molecular complexity index is 383. The van der Waals surface area contributed by atoms with Gasteiger partial charge in [-0.1, -0.05) is 13.8 Å². The Morgan fingerprint density at radius 2 is 1.73 bits per heavy atom. The molecule has 128 valence electrons. The minimum atomic E-state index is -0.570. The van der Waals surface area contributed by atoms with Gasteiger partial charge in [0.2, 0.25) is 5.91 Å². The number of likely N-dealkylation sites (tertiary alicyclic amines) is 1. The predicted octanol–water partition coefficient (Wildman–Crippen LogP) is 1.75. The van der Waals surface area contributed by atoms with Crippen molar-refractivity contribution in [2.75, 3.05) is 20.1 Å². The van der Waals surface area contributed by atoms with E-state index in [-0.39, 0.29) is 11.8 Å². The van der Waals surface area contributed by atoms with Gasteiger partial charge in [0.25, 0.3) is 0 Å². The summed E-state index contributed by atoms with van der Waals surface area (Å²) >= 11 is 0. The lowest BCUT2D eigenvalue weighted by Gasteiger charge is -2.35. The summed E-state index contributed by atoms with van der Waals surface area (Å²) in [6.07, 6.45) is 1.35. The average molecular weight is 313 g/mol. The van der Waals surface area contributed by atoms with Crippen molar-refractivity contribution >= 4 is 12.0 Å². The van der Waals surface area contributed by atoms with Gasteiger partial charge in [-0.2, -0.15) is 0 Å². The summed E-state index contributed by atoms with van der Waals surface area (Å²) in [5, 5.41) is 5.97. The molecule has 1 aliphatic heterocycles. The summed E-state index contributed by atoms with van der Waals surface area (Å²) in [6, 6.07) is -0.0682. The number of carbonyl (C=O) groups is 2. The molecule has 1 atom stereocenters. The van der Waals surface area contributed by atoms with E-state index in [1.54, 1.807) is 20.8 Å². The van der Waals surface area contributed by atoms with Crippen LogP contribution in [0.4, 0.5) is 4.79 Å². The number of carbonyl (C=O) groups excluding carboxylic acids is 2. The Balaban J connectivity index is 2.63. The summed E-state index contributed by atoms with van der Waals surface area (Å²) in [6.45, 7) is 10.7. The first kappa shape index (κ1) is 18.7. The van der Waals surface area contributed by atoms with Crippen LogP contribution in [0.15, 0.2) is 0 Å². The molecule has 0 spiro atoms. The van der Waals surface area contributed by atoms with Crippen molar-refractivity contribution in [1.29, 1.82) is 0 Å². The van der Waals surface area contributed by atoms with Crippen molar-refractivity contribution in [1.82, 2.24) is 15.5 Å². The molecule has 1 aliphatic rings. The topological polar surface area (TPSA) is 70.7 Å². The van der Waals surface area contributed by atoms with Crippen molar-refractivity contribution in [3.63, 3.8) is 0 Å². The van der Waals surface area contributed by atoms with Crippen LogP contribution in [0.2, 0.25) is 0 Å². The second-order valence-electron chi connectivity index (χ2n) is 7.26. The van der Waals surface area contributed by atoms with Gasteiger partial charge in [0.15, 0.2) is 0 Å². The molecule has 6 heteroatoms. The van der Waals surface area contributed by atoms with Crippen LogP contribution in [0.3, 0.4) is 0 Å². The smallest absolute Gasteiger partial charge is 0.408 e. The quantitative estimate of drug-likeness (QED) is 0.829. The fourth-order valence-electron chi connectivity index (χ4n) is 2.53. The van der Waals surface area contributed by atoms with Crippen LogP contribution in [0.25, 0.3) is 0 Å². The van der Waals surface area contributed by atoms with E-state index in [0.29, 0.717) is 6.04 Å². The molecule has 0 aromatic heterocycles. The van der Waals surface area contributed by atoms with Crippen LogP contribution in [0, 0.1) is 5.92 Å². The van der Waals surface area contributed by atoms with Crippen LogP contribution >= 0.6 is 0 Å². The Morgan fingerprint density at radius 3 is 2.14 bits per heavy atom. The van der Waals surface area contributed by atoms with Crippen LogP contribution in [0.1, 0.15) is 47.5 Å². The van der Waals surface area contributed by atoms with Gasteiger partial charge in [-0.15, -0.1) is 0 Å². The Morgan fingerprint density at radius 1 is 1.18 bits per heavy atom.